The summed E-state index contributed by atoms with van der Waals surface area (Å²) >= 11 is 18.2. The molecule has 0 fully saturated rings. The lowest BCUT2D eigenvalue weighted by molar-refractivity contribution is -0.140. The predicted molar refractivity (Wildman–Crippen MR) is 143 cm³/mol. The van der Waals surface area contributed by atoms with Crippen molar-refractivity contribution >= 4 is 62.3 Å². The third-order valence-electron chi connectivity index (χ3n) is 5.34. The Balaban J connectivity index is 2.42. The van der Waals surface area contributed by atoms with Gasteiger partial charge in [0, 0.05) is 23.1 Å². The molecule has 35 heavy (non-hydrogen) atoms. The lowest BCUT2D eigenvalue weighted by atomic mass is 10.1. The minimum Gasteiger partial charge on any atom is -0.354 e. The molecule has 0 aliphatic heterocycles. The monoisotopic (exact) mass is 561 g/mol. The zero-order chi connectivity index (χ0) is 26.2. The van der Waals surface area contributed by atoms with E-state index in [9.17, 15) is 18.0 Å². The number of carbonyl (C=O) groups excluding carboxylic acids is 2. The molecule has 0 radical (unpaired) electrons. The Bertz CT molecular complexity index is 1130. The Morgan fingerprint density at radius 1 is 1.00 bits per heavy atom. The summed E-state index contributed by atoms with van der Waals surface area (Å²) in [6, 6.07) is 10.4. The first-order chi connectivity index (χ1) is 16.5. The quantitative estimate of drug-likeness (QED) is 0.363. The van der Waals surface area contributed by atoms with Gasteiger partial charge in [-0.3, -0.25) is 13.9 Å². The van der Waals surface area contributed by atoms with Crippen LogP contribution in [0.15, 0.2) is 42.5 Å². The Morgan fingerprint density at radius 3 is 2.17 bits per heavy atom. The van der Waals surface area contributed by atoms with Gasteiger partial charge in [-0.15, -0.1) is 0 Å². The van der Waals surface area contributed by atoms with Crippen LogP contribution in [0.5, 0.6) is 0 Å². The number of halogens is 3. The molecule has 0 spiro atoms. The Hall–Kier alpha value is -2.00. The molecule has 0 unspecified atom stereocenters. The highest BCUT2D eigenvalue weighted by Crippen LogP contribution is 2.30. The highest BCUT2D eigenvalue weighted by Gasteiger charge is 2.32. The summed E-state index contributed by atoms with van der Waals surface area (Å²) < 4.78 is 26.2. The van der Waals surface area contributed by atoms with E-state index in [0.29, 0.717) is 23.0 Å². The predicted octanol–water partition coefficient (Wildman–Crippen LogP) is 5.14. The number of nitrogens with one attached hydrogen (secondary N) is 1. The fourth-order valence-corrected chi connectivity index (χ4v) is 5.04. The number of benzene rings is 2. The molecular formula is C24H30Cl3N3O4S. The minimum atomic E-state index is -3.89. The van der Waals surface area contributed by atoms with Gasteiger partial charge in [-0.25, -0.2) is 8.42 Å². The number of rotatable bonds is 12. The fourth-order valence-electron chi connectivity index (χ4n) is 3.49. The summed E-state index contributed by atoms with van der Waals surface area (Å²) in [5.41, 5.74) is 0.872. The second-order valence-electron chi connectivity index (χ2n) is 8.08. The van der Waals surface area contributed by atoms with Gasteiger partial charge < -0.3 is 10.2 Å². The summed E-state index contributed by atoms with van der Waals surface area (Å²) in [6.07, 6.45) is 3.06. The van der Waals surface area contributed by atoms with Gasteiger partial charge in [-0.05, 0) is 48.7 Å². The molecule has 0 aromatic heterocycles. The van der Waals surface area contributed by atoms with Crippen molar-refractivity contribution in [2.24, 2.45) is 0 Å². The van der Waals surface area contributed by atoms with E-state index in [-0.39, 0.29) is 23.2 Å². The van der Waals surface area contributed by atoms with Crippen molar-refractivity contribution in [2.75, 3.05) is 23.7 Å². The second kappa shape index (κ2) is 13.3. The molecule has 1 atom stereocenters. The van der Waals surface area contributed by atoms with Gasteiger partial charge in [-0.2, -0.15) is 0 Å². The van der Waals surface area contributed by atoms with Crippen molar-refractivity contribution in [3.8, 4) is 0 Å². The van der Waals surface area contributed by atoms with Crippen molar-refractivity contribution < 1.29 is 18.0 Å². The minimum absolute atomic E-state index is 0.0873. The highest BCUT2D eigenvalue weighted by atomic mass is 35.5. The zero-order valence-electron chi connectivity index (χ0n) is 19.9. The molecule has 1 N–H and O–H groups in total. The van der Waals surface area contributed by atoms with E-state index in [0.717, 1.165) is 29.0 Å². The van der Waals surface area contributed by atoms with E-state index in [1.165, 1.54) is 23.1 Å². The van der Waals surface area contributed by atoms with Crippen LogP contribution >= 0.6 is 34.8 Å². The van der Waals surface area contributed by atoms with Gasteiger partial charge in [0.15, 0.2) is 0 Å². The molecule has 2 rings (SSSR count). The van der Waals surface area contributed by atoms with Crippen molar-refractivity contribution in [2.45, 2.75) is 45.7 Å². The van der Waals surface area contributed by atoms with Crippen LogP contribution in [0.4, 0.5) is 5.69 Å². The van der Waals surface area contributed by atoms with Crippen LogP contribution in [-0.2, 0) is 26.2 Å². The molecule has 0 bridgehead atoms. The average Bonchev–Trinajstić information content (AvgIpc) is 2.78. The van der Waals surface area contributed by atoms with Crippen molar-refractivity contribution in [3.05, 3.63) is 63.1 Å². The fraction of sp³-hybridized carbons (Fsp3) is 0.417. The first-order valence-electron chi connectivity index (χ1n) is 11.2. The van der Waals surface area contributed by atoms with E-state index in [2.05, 4.69) is 5.32 Å². The molecule has 2 aromatic rings. The van der Waals surface area contributed by atoms with E-state index in [4.69, 9.17) is 34.8 Å². The normalized spacial score (nSPS) is 12.2. The van der Waals surface area contributed by atoms with Crippen LogP contribution in [0, 0.1) is 0 Å². The van der Waals surface area contributed by atoms with Crippen LogP contribution in [0.2, 0.25) is 15.1 Å². The molecule has 0 saturated heterocycles. The maximum absolute atomic E-state index is 13.6. The molecule has 2 amide bonds. The van der Waals surface area contributed by atoms with E-state index >= 15 is 0 Å². The van der Waals surface area contributed by atoms with Gasteiger partial charge in [0.25, 0.3) is 0 Å². The lowest BCUT2D eigenvalue weighted by Gasteiger charge is -2.33. The molecular weight excluding hydrogens is 533 g/mol. The maximum Gasteiger partial charge on any atom is 0.244 e. The molecule has 2 aromatic carbocycles. The summed E-state index contributed by atoms with van der Waals surface area (Å²) in [5, 5.41) is 3.83. The molecule has 7 nitrogen and oxygen atoms in total. The van der Waals surface area contributed by atoms with Gasteiger partial charge in [0.1, 0.15) is 12.6 Å². The third-order valence-corrected chi connectivity index (χ3v) is 7.26. The molecule has 0 saturated carbocycles. The third kappa shape index (κ3) is 8.56. The number of anilines is 1. The number of unbranched alkanes of at least 4 members (excludes halogenated alkanes) is 1. The lowest BCUT2D eigenvalue weighted by Crippen LogP contribution is -2.52. The smallest absolute Gasteiger partial charge is 0.244 e. The molecule has 0 heterocycles. The van der Waals surface area contributed by atoms with Crippen molar-refractivity contribution in [3.63, 3.8) is 0 Å². The average molecular weight is 563 g/mol. The largest absolute Gasteiger partial charge is 0.354 e. The SMILES string of the molecule is CCCCNC(=O)[C@H](CC)N(Cc1ccc(Cl)cc1)C(=O)CN(c1ccc(Cl)cc1Cl)S(C)(=O)=O. The van der Waals surface area contributed by atoms with Gasteiger partial charge >= 0.3 is 0 Å². The number of nitrogens with zero attached hydrogens (tertiary/aromatic N) is 2. The van der Waals surface area contributed by atoms with E-state index in [1.807, 2.05) is 6.92 Å². The Morgan fingerprint density at radius 2 is 1.63 bits per heavy atom. The first kappa shape index (κ1) is 29.2. The highest BCUT2D eigenvalue weighted by molar-refractivity contribution is 7.92. The van der Waals surface area contributed by atoms with Crippen LogP contribution in [0.1, 0.15) is 38.7 Å². The topological polar surface area (TPSA) is 86.8 Å². The van der Waals surface area contributed by atoms with Crippen molar-refractivity contribution in [1.82, 2.24) is 10.2 Å². The van der Waals surface area contributed by atoms with Gasteiger partial charge in [0.05, 0.1) is 17.0 Å². The number of amides is 2. The van der Waals surface area contributed by atoms with Crippen LogP contribution < -0.4 is 9.62 Å². The second-order valence-corrected chi connectivity index (χ2v) is 11.3. The number of hydrogen-bond donors (Lipinski definition) is 1. The molecule has 0 aliphatic rings. The standard InChI is InChI=1S/C24H30Cl3N3O4S/c1-4-6-13-28-24(32)21(5-2)29(15-17-7-9-18(25)10-8-17)23(31)16-30(35(3,33)34)22-12-11-19(26)14-20(22)27/h7-12,14,21H,4-6,13,15-16H2,1-3H3,(H,28,32)/t21-/m0/s1. The van der Waals surface area contributed by atoms with Crippen LogP contribution in [0.3, 0.4) is 0 Å². The summed E-state index contributed by atoms with van der Waals surface area (Å²) in [5.74, 6) is -0.840. The van der Waals surface area contributed by atoms with E-state index < -0.39 is 28.5 Å². The number of hydrogen-bond acceptors (Lipinski definition) is 4. The Labute approximate surface area is 222 Å². The summed E-state index contributed by atoms with van der Waals surface area (Å²) in [7, 11) is -3.89. The maximum atomic E-state index is 13.6. The zero-order valence-corrected chi connectivity index (χ0v) is 23.0. The summed E-state index contributed by atoms with van der Waals surface area (Å²) in [6.45, 7) is 3.87. The molecule has 11 heteroatoms. The van der Waals surface area contributed by atoms with Gasteiger partial charge in [0.2, 0.25) is 21.8 Å². The molecule has 192 valence electrons. The van der Waals surface area contributed by atoms with E-state index in [1.54, 1.807) is 31.2 Å². The molecule has 0 aliphatic carbocycles. The van der Waals surface area contributed by atoms with Crippen LogP contribution in [0.25, 0.3) is 0 Å². The van der Waals surface area contributed by atoms with Crippen LogP contribution in [-0.4, -0.2) is 50.5 Å². The number of carbonyl (C=O) groups is 2. The number of sulfonamides is 1. The van der Waals surface area contributed by atoms with Gasteiger partial charge in [-0.1, -0.05) is 67.2 Å². The first-order valence-corrected chi connectivity index (χ1v) is 14.2. The summed E-state index contributed by atoms with van der Waals surface area (Å²) in [4.78, 5) is 28.0. The van der Waals surface area contributed by atoms with Crippen molar-refractivity contribution in [1.29, 1.82) is 0 Å². The Kier molecular flexibility index (Phi) is 11.1.